The molecule has 0 aliphatic heterocycles. The minimum Gasteiger partial charge on any atom is -0.497 e. The number of hydrogen-bond donors (Lipinski definition) is 4. The largest absolute Gasteiger partial charge is 0.497 e. The average molecular weight is 491 g/mol. The van der Waals surface area contributed by atoms with Crippen molar-refractivity contribution in [2.24, 2.45) is 23.2 Å². The first-order chi connectivity index (χ1) is 17.4. The van der Waals surface area contributed by atoms with Crippen molar-refractivity contribution in [1.29, 1.82) is 0 Å². The monoisotopic (exact) mass is 490 g/mol. The molecule has 0 radical (unpaired) electrons. The number of ether oxygens (including phenoxy) is 1. The Morgan fingerprint density at radius 1 is 0.861 bits per heavy atom. The lowest BCUT2D eigenvalue weighted by atomic mass is 9.49. The van der Waals surface area contributed by atoms with Gasteiger partial charge in [-0.15, -0.1) is 0 Å². The van der Waals surface area contributed by atoms with E-state index < -0.39 is 5.91 Å². The number of benzene rings is 2. The van der Waals surface area contributed by atoms with Crippen LogP contribution in [0.5, 0.6) is 5.75 Å². The maximum atomic E-state index is 13.1. The third-order valence-electron chi connectivity index (χ3n) is 8.05. The Bertz CT molecular complexity index is 1080. The van der Waals surface area contributed by atoms with Crippen molar-refractivity contribution in [2.45, 2.75) is 45.1 Å². The van der Waals surface area contributed by atoms with Gasteiger partial charge >= 0.3 is 0 Å². The third-order valence-corrected chi connectivity index (χ3v) is 8.05. The highest BCUT2D eigenvalue weighted by Crippen LogP contribution is 2.60. The van der Waals surface area contributed by atoms with Gasteiger partial charge in [0.05, 0.1) is 13.7 Å². The SMILES string of the molecule is COc1ccc(NCC(=O)NNC(=O)c2ccc(CNC(=O)C34CC5CC(CC(C5)C3)C4)cc2)cc1. The predicted molar refractivity (Wildman–Crippen MR) is 136 cm³/mol. The van der Waals surface area contributed by atoms with E-state index in [4.69, 9.17) is 4.74 Å². The molecule has 0 saturated heterocycles. The molecule has 4 N–H and O–H groups in total. The normalized spacial score (nSPS) is 25.6. The van der Waals surface area contributed by atoms with Crippen LogP contribution in [-0.2, 0) is 16.1 Å². The first-order valence-corrected chi connectivity index (χ1v) is 12.8. The van der Waals surface area contributed by atoms with Crippen LogP contribution in [-0.4, -0.2) is 31.4 Å². The van der Waals surface area contributed by atoms with Crippen LogP contribution < -0.4 is 26.2 Å². The van der Waals surface area contributed by atoms with Gasteiger partial charge in [-0.25, -0.2) is 0 Å². The summed E-state index contributed by atoms with van der Waals surface area (Å²) in [7, 11) is 1.59. The number of nitrogens with one attached hydrogen (secondary N) is 4. The summed E-state index contributed by atoms with van der Waals surface area (Å²) in [4.78, 5) is 37.6. The molecular formula is C28H34N4O4. The highest BCUT2D eigenvalue weighted by Gasteiger charge is 2.54. The van der Waals surface area contributed by atoms with Crippen LogP contribution in [0.2, 0.25) is 0 Å². The predicted octanol–water partition coefficient (Wildman–Crippen LogP) is 3.40. The van der Waals surface area contributed by atoms with E-state index in [0.29, 0.717) is 12.1 Å². The molecule has 2 aromatic carbocycles. The summed E-state index contributed by atoms with van der Waals surface area (Å²) in [5, 5.41) is 6.15. The van der Waals surface area contributed by atoms with E-state index in [0.717, 1.165) is 54.0 Å². The molecule has 2 aromatic rings. The first-order valence-electron chi connectivity index (χ1n) is 12.8. The molecule has 0 atom stereocenters. The average Bonchev–Trinajstić information content (AvgIpc) is 2.89. The Hall–Kier alpha value is -3.55. The maximum absolute atomic E-state index is 13.1. The van der Waals surface area contributed by atoms with Gasteiger partial charge in [0, 0.05) is 23.2 Å². The fourth-order valence-electron chi connectivity index (χ4n) is 6.67. The molecule has 4 aliphatic carbocycles. The summed E-state index contributed by atoms with van der Waals surface area (Å²) in [6, 6.07) is 14.3. The number of methoxy groups -OCH3 is 1. The van der Waals surface area contributed by atoms with E-state index in [9.17, 15) is 14.4 Å². The minimum absolute atomic E-state index is 0.00890. The quantitative estimate of drug-likeness (QED) is 0.424. The molecular weight excluding hydrogens is 456 g/mol. The Kier molecular flexibility index (Phi) is 6.85. The molecule has 0 heterocycles. The number of amides is 3. The summed E-state index contributed by atoms with van der Waals surface area (Å²) < 4.78 is 5.10. The van der Waals surface area contributed by atoms with Crippen LogP contribution in [0.3, 0.4) is 0 Å². The van der Waals surface area contributed by atoms with Gasteiger partial charge in [-0.1, -0.05) is 12.1 Å². The van der Waals surface area contributed by atoms with Gasteiger partial charge in [-0.05, 0) is 98.2 Å². The van der Waals surface area contributed by atoms with Crippen LogP contribution in [0, 0.1) is 23.2 Å². The molecule has 4 bridgehead atoms. The maximum Gasteiger partial charge on any atom is 0.269 e. The number of rotatable bonds is 8. The number of carbonyl (C=O) groups is 3. The Balaban J connectivity index is 1.05. The highest BCUT2D eigenvalue weighted by molar-refractivity contribution is 5.95. The van der Waals surface area contributed by atoms with Crippen LogP contribution in [0.1, 0.15) is 54.4 Å². The van der Waals surface area contributed by atoms with Crippen molar-refractivity contribution < 1.29 is 19.1 Å². The summed E-state index contributed by atoms with van der Waals surface area (Å²) in [6.07, 6.45) is 7.09. The van der Waals surface area contributed by atoms with Crippen molar-refractivity contribution in [2.75, 3.05) is 19.0 Å². The van der Waals surface area contributed by atoms with Crippen LogP contribution in [0.25, 0.3) is 0 Å². The fourth-order valence-corrected chi connectivity index (χ4v) is 6.67. The second-order valence-corrected chi connectivity index (χ2v) is 10.7. The zero-order chi connectivity index (χ0) is 25.1. The molecule has 4 aliphatic rings. The van der Waals surface area contributed by atoms with Gasteiger partial charge < -0.3 is 15.4 Å². The second-order valence-electron chi connectivity index (χ2n) is 10.7. The molecule has 0 aromatic heterocycles. The molecule has 8 heteroatoms. The molecule has 6 rings (SSSR count). The van der Waals surface area contributed by atoms with Gasteiger partial charge in [0.25, 0.3) is 11.8 Å². The molecule has 4 fully saturated rings. The molecule has 0 spiro atoms. The highest BCUT2D eigenvalue weighted by atomic mass is 16.5. The number of anilines is 1. The van der Waals surface area contributed by atoms with Crippen molar-refractivity contribution in [1.82, 2.24) is 16.2 Å². The Labute approximate surface area is 211 Å². The third kappa shape index (κ3) is 5.32. The lowest BCUT2D eigenvalue weighted by Crippen LogP contribution is -2.53. The topological polar surface area (TPSA) is 109 Å². The van der Waals surface area contributed by atoms with E-state index in [1.165, 1.54) is 19.3 Å². The van der Waals surface area contributed by atoms with Gasteiger partial charge in [0.2, 0.25) is 5.91 Å². The number of hydrogen-bond acceptors (Lipinski definition) is 5. The lowest BCUT2D eigenvalue weighted by Gasteiger charge is -2.55. The zero-order valence-corrected chi connectivity index (χ0v) is 20.6. The summed E-state index contributed by atoms with van der Waals surface area (Å²) in [5.41, 5.74) is 6.81. The standard InChI is InChI=1S/C28H34N4O4/c1-36-24-8-6-23(7-9-24)29-17-25(33)31-32-26(34)22-4-2-18(3-5-22)16-30-27(35)28-13-19-10-20(14-28)12-21(11-19)15-28/h2-9,19-21,29H,10-17H2,1H3,(H,30,35)(H,31,33)(H,32,34). The van der Waals surface area contributed by atoms with E-state index in [1.807, 2.05) is 12.1 Å². The van der Waals surface area contributed by atoms with E-state index in [2.05, 4.69) is 21.5 Å². The summed E-state index contributed by atoms with van der Waals surface area (Å²) in [5.74, 6) is 2.36. The molecule has 8 nitrogen and oxygen atoms in total. The second kappa shape index (κ2) is 10.2. The molecule has 190 valence electrons. The lowest BCUT2D eigenvalue weighted by molar-refractivity contribution is -0.146. The Morgan fingerprint density at radius 3 is 2.06 bits per heavy atom. The van der Waals surface area contributed by atoms with E-state index in [1.54, 1.807) is 43.5 Å². The van der Waals surface area contributed by atoms with Gasteiger partial charge in [0.1, 0.15) is 5.75 Å². The molecule has 36 heavy (non-hydrogen) atoms. The van der Waals surface area contributed by atoms with Crippen molar-refractivity contribution >= 4 is 23.4 Å². The zero-order valence-electron chi connectivity index (χ0n) is 20.6. The molecule has 0 unspecified atom stereocenters. The number of carbonyl (C=O) groups excluding carboxylic acids is 3. The van der Waals surface area contributed by atoms with Gasteiger partial charge in [-0.2, -0.15) is 0 Å². The summed E-state index contributed by atoms with van der Waals surface area (Å²) >= 11 is 0. The minimum atomic E-state index is -0.406. The van der Waals surface area contributed by atoms with Crippen molar-refractivity contribution in [3.8, 4) is 5.75 Å². The molecule has 3 amide bonds. The van der Waals surface area contributed by atoms with Crippen LogP contribution >= 0.6 is 0 Å². The van der Waals surface area contributed by atoms with Gasteiger partial charge in [-0.3, -0.25) is 25.2 Å². The van der Waals surface area contributed by atoms with Crippen LogP contribution in [0.15, 0.2) is 48.5 Å². The van der Waals surface area contributed by atoms with E-state index >= 15 is 0 Å². The van der Waals surface area contributed by atoms with Crippen LogP contribution in [0.4, 0.5) is 5.69 Å². The molecule has 4 saturated carbocycles. The van der Waals surface area contributed by atoms with E-state index in [-0.39, 0.29) is 23.8 Å². The summed E-state index contributed by atoms with van der Waals surface area (Å²) in [6.45, 7) is 0.464. The van der Waals surface area contributed by atoms with Gasteiger partial charge in [0.15, 0.2) is 0 Å². The van der Waals surface area contributed by atoms with Crippen molar-refractivity contribution in [3.63, 3.8) is 0 Å². The Morgan fingerprint density at radius 2 is 1.47 bits per heavy atom. The van der Waals surface area contributed by atoms with Crippen molar-refractivity contribution in [3.05, 3.63) is 59.7 Å². The first kappa shape index (κ1) is 24.2. The fraction of sp³-hybridized carbons (Fsp3) is 0.464. The smallest absolute Gasteiger partial charge is 0.269 e. The number of hydrazine groups is 1.